The Labute approximate surface area is 108 Å². The van der Waals surface area contributed by atoms with Crippen LogP contribution in [0.1, 0.15) is 13.8 Å². The summed E-state index contributed by atoms with van der Waals surface area (Å²) in [6, 6.07) is 7.82. The van der Waals surface area contributed by atoms with Gasteiger partial charge in [-0.1, -0.05) is 0 Å². The minimum absolute atomic E-state index is 0.0302. The lowest BCUT2D eigenvalue weighted by Gasteiger charge is -2.21. The molecule has 0 heterocycles. The van der Waals surface area contributed by atoms with Gasteiger partial charge in [0.1, 0.15) is 0 Å². The van der Waals surface area contributed by atoms with Crippen LogP contribution in [0, 0.1) is 0 Å². The smallest absolute Gasteiger partial charge is 0.240 e. The first-order valence-corrected chi connectivity index (χ1v) is 6.73. The van der Waals surface area contributed by atoms with Crippen molar-refractivity contribution in [3.8, 4) is 0 Å². The highest BCUT2D eigenvalue weighted by atomic mass is 32.2. The molecule has 0 aliphatic carbocycles. The first kappa shape index (κ1) is 13.9. The summed E-state index contributed by atoms with van der Waals surface area (Å²) < 4.78 is -0.403. The highest BCUT2D eigenvalue weighted by Gasteiger charge is 2.26. The minimum atomic E-state index is -0.403. The minimum Gasteiger partial charge on any atom is -0.378 e. The second kappa shape index (κ2) is 5.45. The fraction of sp³-hybridized carbons (Fsp3) is 0.462. The van der Waals surface area contributed by atoms with Crippen LogP contribution < -0.4 is 10.2 Å². The van der Waals surface area contributed by atoms with Crippen LogP contribution in [0.2, 0.25) is 0 Å². The van der Waals surface area contributed by atoms with Crippen molar-refractivity contribution in [2.45, 2.75) is 18.6 Å². The normalized spacial score (nSPS) is 11.1. The standard InChI is InChI=1S/C13H20N2OS/c1-13(2,17-5)12(16)14-10-6-8-11(9-7-10)15(3)4/h6-9H,1-5H3,(H,14,16). The van der Waals surface area contributed by atoms with Crippen molar-refractivity contribution in [3.63, 3.8) is 0 Å². The molecule has 0 spiro atoms. The Morgan fingerprint density at radius 1 is 1.24 bits per heavy atom. The van der Waals surface area contributed by atoms with Crippen LogP contribution >= 0.6 is 11.8 Å². The third-order valence-corrected chi connectivity index (χ3v) is 3.90. The monoisotopic (exact) mass is 252 g/mol. The molecule has 0 unspecified atom stereocenters. The molecule has 1 aromatic carbocycles. The van der Waals surface area contributed by atoms with E-state index >= 15 is 0 Å². The molecule has 1 N–H and O–H groups in total. The molecular weight excluding hydrogens is 232 g/mol. The van der Waals surface area contributed by atoms with Gasteiger partial charge in [-0.3, -0.25) is 4.79 Å². The lowest BCUT2D eigenvalue weighted by atomic mass is 10.2. The van der Waals surface area contributed by atoms with Crippen LogP contribution in [0.4, 0.5) is 11.4 Å². The Hall–Kier alpha value is -1.16. The Bertz CT molecular complexity index is 385. The van der Waals surface area contributed by atoms with Crippen molar-refractivity contribution in [1.82, 2.24) is 0 Å². The molecule has 0 saturated heterocycles. The van der Waals surface area contributed by atoms with Crippen LogP contribution in [0.15, 0.2) is 24.3 Å². The van der Waals surface area contributed by atoms with E-state index in [4.69, 9.17) is 0 Å². The highest BCUT2D eigenvalue weighted by molar-refractivity contribution is 8.00. The van der Waals surface area contributed by atoms with Gasteiger partial charge in [0.25, 0.3) is 0 Å². The number of amides is 1. The first-order chi connectivity index (χ1) is 7.86. The van der Waals surface area contributed by atoms with Gasteiger partial charge in [0, 0.05) is 25.5 Å². The molecule has 0 radical (unpaired) electrons. The third-order valence-electron chi connectivity index (χ3n) is 2.70. The predicted molar refractivity (Wildman–Crippen MR) is 77.0 cm³/mol. The Kier molecular flexibility index (Phi) is 4.46. The van der Waals surface area contributed by atoms with Crippen molar-refractivity contribution in [2.75, 3.05) is 30.6 Å². The van der Waals surface area contributed by atoms with Crippen molar-refractivity contribution < 1.29 is 4.79 Å². The quantitative estimate of drug-likeness (QED) is 0.894. The number of carbonyl (C=O) groups is 1. The number of benzene rings is 1. The number of carbonyl (C=O) groups excluding carboxylic acids is 1. The summed E-state index contributed by atoms with van der Waals surface area (Å²) in [6.45, 7) is 3.84. The molecule has 0 aliphatic heterocycles. The largest absolute Gasteiger partial charge is 0.378 e. The number of hydrogen-bond donors (Lipinski definition) is 1. The highest BCUT2D eigenvalue weighted by Crippen LogP contribution is 2.24. The Morgan fingerprint density at radius 3 is 2.18 bits per heavy atom. The van der Waals surface area contributed by atoms with Crippen LogP contribution in [-0.4, -0.2) is 31.0 Å². The van der Waals surface area contributed by atoms with Gasteiger partial charge in [-0.2, -0.15) is 0 Å². The zero-order valence-electron chi connectivity index (χ0n) is 11.1. The lowest BCUT2D eigenvalue weighted by Crippen LogP contribution is -2.33. The molecule has 0 fully saturated rings. The molecular formula is C13H20N2OS. The van der Waals surface area contributed by atoms with E-state index in [0.29, 0.717) is 0 Å². The fourth-order valence-corrected chi connectivity index (χ4v) is 1.45. The average Bonchev–Trinajstić information content (AvgIpc) is 2.29. The zero-order valence-corrected chi connectivity index (χ0v) is 11.9. The summed E-state index contributed by atoms with van der Waals surface area (Å²) in [7, 11) is 3.98. The SMILES string of the molecule is CSC(C)(C)C(=O)Nc1ccc(N(C)C)cc1. The van der Waals surface area contributed by atoms with E-state index in [1.54, 1.807) is 11.8 Å². The van der Waals surface area contributed by atoms with Crippen molar-refractivity contribution in [1.29, 1.82) is 0 Å². The second-order valence-electron chi connectivity index (χ2n) is 4.61. The Morgan fingerprint density at radius 2 is 1.76 bits per heavy atom. The zero-order chi connectivity index (χ0) is 13.1. The average molecular weight is 252 g/mol. The topological polar surface area (TPSA) is 32.3 Å². The summed E-state index contributed by atoms with van der Waals surface area (Å²) in [4.78, 5) is 14.0. The first-order valence-electron chi connectivity index (χ1n) is 5.51. The molecule has 94 valence electrons. The van der Waals surface area contributed by atoms with E-state index < -0.39 is 4.75 Å². The van der Waals surface area contributed by atoms with E-state index in [1.807, 2.05) is 63.4 Å². The maximum Gasteiger partial charge on any atom is 0.240 e. The number of anilines is 2. The van der Waals surface area contributed by atoms with Gasteiger partial charge in [0.2, 0.25) is 5.91 Å². The van der Waals surface area contributed by atoms with Gasteiger partial charge < -0.3 is 10.2 Å². The van der Waals surface area contributed by atoms with Gasteiger partial charge in [0.15, 0.2) is 0 Å². The maximum absolute atomic E-state index is 11.9. The molecule has 1 aromatic rings. The van der Waals surface area contributed by atoms with E-state index in [0.717, 1.165) is 11.4 Å². The lowest BCUT2D eigenvalue weighted by molar-refractivity contribution is -0.117. The summed E-state index contributed by atoms with van der Waals surface area (Å²) in [5.41, 5.74) is 1.95. The molecule has 0 bridgehead atoms. The van der Waals surface area contributed by atoms with Crippen molar-refractivity contribution >= 4 is 29.0 Å². The summed E-state index contributed by atoms with van der Waals surface area (Å²) in [5, 5.41) is 2.92. The van der Waals surface area contributed by atoms with Crippen LogP contribution in [0.3, 0.4) is 0 Å². The summed E-state index contributed by atoms with van der Waals surface area (Å²) in [5.74, 6) is 0.0302. The number of thioether (sulfide) groups is 1. The summed E-state index contributed by atoms with van der Waals surface area (Å²) in [6.07, 6.45) is 1.94. The molecule has 0 aliphatic rings. The predicted octanol–water partition coefficient (Wildman–Crippen LogP) is 2.83. The van der Waals surface area contributed by atoms with Gasteiger partial charge in [-0.05, 0) is 44.4 Å². The molecule has 0 saturated carbocycles. The molecule has 0 atom stereocenters. The number of rotatable bonds is 4. The fourth-order valence-electron chi connectivity index (χ4n) is 1.22. The van der Waals surface area contributed by atoms with Gasteiger partial charge in [0.05, 0.1) is 4.75 Å². The number of nitrogens with zero attached hydrogens (tertiary/aromatic N) is 1. The molecule has 4 heteroatoms. The van der Waals surface area contributed by atoms with Crippen LogP contribution in [0.25, 0.3) is 0 Å². The van der Waals surface area contributed by atoms with Gasteiger partial charge in [-0.15, -0.1) is 11.8 Å². The van der Waals surface area contributed by atoms with Crippen molar-refractivity contribution in [3.05, 3.63) is 24.3 Å². The molecule has 3 nitrogen and oxygen atoms in total. The van der Waals surface area contributed by atoms with Crippen LogP contribution in [-0.2, 0) is 4.79 Å². The third kappa shape index (κ3) is 3.66. The van der Waals surface area contributed by atoms with Crippen molar-refractivity contribution in [2.24, 2.45) is 0 Å². The summed E-state index contributed by atoms with van der Waals surface area (Å²) >= 11 is 1.54. The molecule has 1 amide bonds. The van der Waals surface area contributed by atoms with Gasteiger partial charge >= 0.3 is 0 Å². The Balaban J connectivity index is 2.73. The number of nitrogens with one attached hydrogen (secondary N) is 1. The van der Waals surface area contributed by atoms with Crippen LogP contribution in [0.5, 0.6) is 0 Å². The molecule has 17 heavy (non-hydrogen) atoms. The van der Waals surface area contributed by atoms with Gasteiger partial charge in [-0.25, -0.2) is 0 Å². The number of hydrogen-bond acceptors (Lipinski definition) is 3. The second-order valence-corrected chi connectivity index (χ2v) is 6.04. The van der Waals surface area contributed by atoms with E-state index in [9.17, 15) is 4.79 Å². The van der Waals surface area contributed by atoms with E-state index in [1.165, 1.54) is 0 Å². The van der Waals surface area contributed by atoms with E-state index in [-0.39, 0.29) is 5.91 Å². The maximum atomic E-state index is 11.9. The van der Waals surface area contributed by atoms with E-state index in [2.05, 4.69) is 5.32 Å². The molecule has 0 aromatic heterocycles. The molecule has 1 rings (SSSR count).